The minimum Gasteiger partial charge on any atom is -0.381 e. The number of hydrogen-bond donors (Lipinski definition) is 1. The van der Waals surface area contributed by atoms with Crippen molar-refractivity contribution >= 4 is 17.2 Å². The number of nitrogens with one attached hydrogen (secondary N) is 1. The highest BCUT2D eigenvalue weighted by Crippen LogP contribution is 2.24. The molecule has 0 radical (unpaired) electrons. The monoisotopic (exact) mass is 341 g/mol. The molecule has 25 heavy (non-hydrogen) atoms. The highest BCUT2D eigenvalue weighted by Gasteiger charge is 2.18. The van der Waals surface area contributed by atoms with E-state index in [2.05, 4.69) is 33.2 Å². The molecule has 7 heteroatoms. The van der Waals surface area contributed by atoms with Crippen molar-refractivity contribution in [3.63, 3.8) is 0 Å². The predicted octanol–water partition coefficient (Wildman–Crippen LogP) is 2.66. The van der Waals surface area contributed by atoms with E-state index in [1.54, 1.807) is 19.1 Å². The van der Waals surface area contributed by atoms with Gasteiger partial charge in [-0.05, 0) is 32.2 Å². The summed E-state index contributed by atoms with van der Waals surface area (Å²) in [7, 11) is 2.13. The Bertz CT molecular complexity index is 757. The van der Waals surface area contributed by atoms with Gasteiger partial charge >= 0.3 is 0 Å². The lowest BCUT2D eigenvalue weighted by Crippen LogP contribution is -2.45. The van der Waals surface area contributed by atoms with E-state index < -0.39 is 0 Å². The van der Waals surface area contributed by atoms with E-state index in [0.29, 0.717) is 12.1 Å². The quantitative estimate of drug-likeness (QED) is 0.666. The molecule has 1 fully saturated rings. The average Bonchev–Trinajstić information content (AvgIpc) is 2.61. The highest BCUT2D eigenvalue weighted by molar-refractivity contribution is 5.55. The van der Waals surface area contributed by atoms with Crippen LogP contribution in [0.25, 0.3) is 0 Å². The van der Waals surface area contributed by atoms with Crippen LogP contribution in [-0.2, 0) is 6.54 Å². The van der Waals surface area contributed by atoms with Gasteiger partial charge in [0.05, 0.1) is 4.92 Å². The molecule has 0 amide bonds. The zero-order valence-corrected chi connectivity index (χ0v) is 14.6. The zero-order chi connectivity index (χ0) is 17.8. The normalized spacial score (nSPS) is 15.2. The molecule has 0 unspecified atom stereocenters. The van der Waals surface area contributed by atoms with Crippen molar-refractivity contribution in [3.05, 3.63) is 57.8 Å². The number of pyridine rings is 1. The summed E-state index contributed by atoms with van der Waals surface area (Å²) in [5.74, 6) is 1.02. The number of nitro groups is 1. The number of aryl methyl sites for hydroxylation is 1. The van der Waals surface area contributed by atoms with Crippen LogP contribution in [-0.4, -0.2) is 48.0 Å². The van der Waals surface area contributed by atoms with Crippen LogP contribution >= 0.6 is 0 Å². The second kappa shape index (κ2) is 7.48. The Hall–Kier alpha value is -2.67. The van der Waals surface area contributed by atoms with Crippen molar-refractivity contribution in [2.75, 3.05) is 43.4 Å². The molecule has 1 saturated heterocycles. The molecule has 0 atom stereocenters. The Labute approximate surface area is 147 Å². The molecular weight excluding hydrogens is 318 g/mol. The lowest BCUT2D eigenvalue weighted by Gasteiger charge is -2.34. The van der Waals surface area contributed by atoms with Crippen LogP contribution in [0.1, 0.15) is 11.1 Å². The number of nitro benzene ring substituents is 1. The van der Waals surface area contributed by atoms with Gasteiger partial charge in [0, 0.05) is 61.8 Å². The zero-order valence-electron chi connectivity index (χ0n) is 14.6. The molecule has 2 aromatic rings. The summed E-state index contributed by atoms with van der Waals surface area (Å²) in [6, 6.07) is 9.12. The lowest BCUT2D eigenvalue weighted by atomic mass is 10.1. The Kier molecular flexibility index (Phi) is 5.14. The maximum atomic E-state index is 10.9. The maximum absolute atomic E-state index is 10.9. The highest BCUT2D eigenvalue weighted by atomic mass is 16.6. The Morgan fingerprint density at radius 1 is 1.24 bits per heavy atom. The van der Waals surface area contributed by atoms with Crippen LogP contribution < -0.4 is 10.2 Å². The third kappa shape index (κ3) is 4.06. The summed E-state index contributed by atoms with van der Waals surface area (Å²) < 4.78 is 0. The number of piperazine rings is 1. The smallest absolute Gasteiger partial charge is 0.272 e. The van der Waals surface area contributed by atoms with Crippen LogP contribution in [0.3, 0.4) is 0 Å². The standard InChI is InChI=1S/C18H23N5O2/c1-14-12-16(5-6-17(14)23(24)25)20-13-15-4-3-7-19-18(15)22-10-8-21(2)9-11-22/h3-7,12,20H,8-11,13H2,1-2H3. The van der Waals surface area contributed by atoms with Gasteiger partial charge in [-0.3, -0.25) is 10.1 Å². The van der Waals surface area contributed by atoms with E-state index in [1.807, 2.05) is 18.3 Å². The maximum Gasteiger partial charge on any atom is 0.272 e. The fourth-order valence-corrected chi connectivity index (χ4v) is 3.04. The van der Waals surface area contributed by atoms with Gasteiger partial charge in [-0.15, -0.1) is 0 Å². The van der Waals surface area contributed by atoms with Crippen LogP contribution in [0.4, 0.5) is 17.2 Å². The van der Waals surface area contributed by atoms with Crippen molar-refractivity contribution in [1.29, 1.82) is 0 Å². The fraction of sp³-hybridized carbons (Fsp3) is 0.389. The third-order valence-electron chi connectivity index (χ3n) is 4.55. The molecule has 1 aliphatic rings. The van der Waals surface area contributed by atoms with Gasteiger partial charge in [0.1, 0.15) is 5.82 Å². The molecule has 1 aromatic heterocycles. The van der Waals surface area contributed by atoms with Crippen molar-refractivity contribution in [3.8, 4) is 0 Å². The van der Waals surface area contributed by atoms with Gasteiger partial charge < -0.3 is 15.1 Å². The summed E-state index contributed by atoms with van der Waals surface area (Å²) in [4.78, 5) is 19.8. The molecular formula is C18H23N5O2. The fourth-order valence-electron chi connectivity index (χ4n) is 3.04. The molecule has 1 aromatic carbocycles. The van der Waals surface area contributed by atoms with E-state index in [0.717, 1.165) is 43.2 Å². The second-order valence-electron chi connectivity index (χ2n) is 6.39. The first-order valence-corrected chi connectivity index (χ1v) is 8.41. The van der Waals surface area contributed by atoms with E-state index >= 15 is 0 Å². The summed E-state index contributed by atoms with van der Waals surface area (Å²) >= 11 is 0. The molecule has 3 rings (SSSR count). The first-order chi connectivity index (χ1) is 12.0. The number of likely N-dealkylation sites (N-methyl/N-ethyl adjacent to an activating group) is 1. The van der Waals surface area contributed by atoms with Crippen LogP contribution in [0.2, 0.25) is 0 Å². The molecule has 0 saturated carbocycles. The number of anilines is 2. The predicted molar refractivity (Wildman–Crippen MR) is 99.1 cm³/mol. The van der Waals surface area contributed by atoms with Gasteiger partial charge in [0.15, 0.2) is 0 Å². The van der Waals surface area contributed by atoms with E-state index in [-0.39, 0.29) is 10.6 Å². The number of nitrogens with zero attached hydrogens (tertiary/aromatic N) is 4. The molecule has 0 spiro atoms. The van der Waals surface area contributed by atoms with Crippen molar-refractivity contribution in [2.45, 2.75) is 13.5 Å². The Morgan fingerprint density at radius 2 is 2.00 bits per heavy atom. The van der Waals surface area contributed by atoms with Crippen LogP contribution in [0.15, 0.2) is 36.5 Å². The topological polar surface area (TPSA) is 74.5 Å². The lowest BCUT2D eigenvalue weighted by molar-refractivity contribution is -0.385. The first-order valence-electron chi connectivity index (χ1n) is 8.41. The van der Waals surface area contributed by atoms with Gasteiger partial charge in [-0.25, -0.2) is 4.98 Å². The molecule has 0 aliphatic carbocycles. The number of hydrogen-bond acceptors (Lipinski definition) is 6. The second-order valence-corrected chi connectivity index (χ2v) is 6.39. The molecule has 7 nitrogen and oxygen atoms in total. The summed E-state index contributed by atoms with van der Waals surface area (Å²) in [6.07, 6.45) is 1.83. The summed E-state index contributed by atoms with van der Waals surface area (Å²) in [5, 5.41) is 14.3. The SMILES string of the molecule is Cc1cc(NCc2cccnc2N2CCN(C)CC2)ccc1[N+](=O)[O-]. The Balaban J connectivity index is 1.71. The van der Waals surface area contributed by atoms with Gasteiger partial charge in [-0.1, -0.05) is 6.07 Å². The van der Waals surface area contributed by atoms with Crippen molar-refractivity contribution in [2.24, 2.45) is 0 Å². The third-order valence-corrected chi connectivity index (χ3v) is 4.55. The van der Waals surface area contributed by atoms with E-state index in [9.17, 15) is 10.1 Å². The van der Waals surface area contributed by atoms with Crippen molar-refractivity contribution < 1.29 is 4.92 Å². The molecule has 2 heterocycles. The van der Waals surface area contributed by atoms with Crippen LogP contribution in [0, 0.1) is 17.0 Å². The Morgan fingerprint density at radius 3 is 2.68 bits per heavy atom. The molecule has 132 valence electrons. The molecule has 0 bridgehead atoms. The average molecular weight is 341 g/mol. The molecule has 1 N–H and O–H groups in total. The van der Waals surface area contributed by atoms with Crippen molar-refractivity contribution in [1.82, 2.24) is 9.88 Å². The van der Waals surface area contributed by atoms with Gasteiger partial charge in [-0.2, -0.15) is 0 Å². The number of benzene rings is 1. The minimum atomic E-state index is -0.355. The largest absolute Gasteiger partial charge is 0.381 e. The van der Waals surface area contributed by atoms with Crippen LogP contribution in [0.5, 0.6) is 0 Å². The van der Waals surface area contributed by atoms with Gasteiger partial charge in [0.25, 0.3) is 5.69 Å². The van der Waals surface area contributed by atoms with E-state index in [4.69, 9.17) is 0 Å². The molecule has 1 aliphatic heterocycles. The minimum absolute atomic E-state index is 0.144. The number of aromatic nitrogens is 1. The summed E-state index contributed by atoms with van der Waals surface area (Å²) in [6.45, 7) is 6.39. The van der Waals surface area contributed by atoms with Gasteiger partial charge in [0.2, 0.25) is 0 Å². The first kappa shape index (κ1) is 17.2. The van der Waals surface area contributed by atoms with E-state index in [1.165, 1.54) is 0 Å². The number of rotatable bonds is 5. The summed E-state index contributed by atoms with van der Waals surface area (Å²) in [5.41, 5.74) is 2.80.